The van der Waals surface area contributed by atoms with Gasteiger partial charge in [0, 0.05) is 18.5 Å². The number of benzene rings is 2. The Labute approximate surface area is 161 Å². The highest BCUT2D eigenvalue weighted by Gasteiger charge is 2.12. The average molecular weight is 385 g/mol. The summed E-state index contributed by atoms with van der Waals surface area (Å²) in [5.74, 6) is 1.52. The number of hydrogen-bond acceptors (Lipinski definition) is 6. The molecule has 0 bridgehead atoms. The van der Waals surface area contributed by atoms with Crippen molar-refractivity contribution in [3.63, 3.8) is 0 Å². The highest BCUT2D eigenvalue weighted by Crippen LogP contribution is 2.31. The van der Waals surface area contributed by atoms with Crippen LogP contribution >= 0.6 is 0 Å². The summed E-state index contributed by atoms with van der Waals surface area (Å²) in [6.45, 7) is 0.355. The lowest BCUT2D eigenvalue weighted by Crippen LogP contribution is -2.27. The van der Waals surface area contributed by atoms with Crippen LogP contribution in [0.1, 0.15) is 11.5 Å². The van der Waals surface area contributed by atoms with Gasteiger partial charge in [0.25, 0.3) is 0 Å². The van der Waals surface area contributed by atoms with Gasteiger partial charge in [0.1, 0.15) is 5.82 Å². The van der Waals surface area contributed by atoms with Crippen molar-refractivity contribution in [1.29, 1.82) is 0 Å². The first-order valence-corrected chi connectivity index (χ1v) is 8.65. The summed E-state index contributed by atoms with van der Waals surface area (Å²) in [5, 5.41) is 6.74. The fraction of sp³-hybridized carbons (Fsp3) is 0.250. The Bertz CT molecular complexity index is 941. The molecule has 0 radical (unpaired) electrons. The minimum absolute atomic E-state index is 0.161. The zero-order valence-electron chi connectivity index (χ0n) is 15.6. The van der Waals surface area contributed by atoms with Crippen LogP contribution in [0.5, 0.6) is 11.5 Å². The van der Waals surface area contributed by atoms with Gasteiger partial charge >= 0.3 is 0 Å². The van der Waals surface area contributed by atoms with Gasteiger partial charge in [-0.05, 0) is 35.9 Å². The molecule has 1 heterocycles. The van der Waals surface area contributed by atoms with Crippen LogP contribution in [-0.2, 0) is 17.6 Å². The number of aromatic nitrogens is 2. The molecule has 0 aliphatic heterocycles. The van der Waals surface area contributed by atoms with Gasteiger partial charge in [-0.15, -0.1) is 0 Å². The molecular formula is C20H20FN3O4. The van der Waals surface area contributed by atoms with E-state index in [4.69, 9.17) is 14.0 Å². The first-order valence-electron chi connectivity index (χ1n) is 8.65. The fourth-order valence-corrected chi connectivity index (χ4v) is 2.61. The number of nitrogens with one attached hydrogen (secondary N) is 1. The molecule has 0 unspecified atom stereocenters. The SMILES string of the molecule is COc1ccc(-c2noc(CCNC(=O)Cc3ccc(F)cc3)n2)cc1OC. The fourth-order valence-electron chi connectivity index (χ4n) is 2.61. The van der Waals surface area contributed by atoms with Gasteiger partial charge in [-0.1, -0.05) is 17.3 Å². The third-order valence-electron chi connectivity index (χ3n) is 4.05. The molecule has 28 heavy (non-hydrogen) atoms. The molecule has 0 saturated carbocycles. The Hall–Kier alpha value is -3.42. The maximum atomic E-state index is 12.9. The monoisotopic (exact) mass is 385 g/mol. The van der Waals surface area contributed by atoms with Crippen molar-refractivity contribution in [2.24, 2.45) is 0 Å². The topological polar surface area (TPSA) is 86.5 Å². The molecular weight excluding hydrogens is 365 g/mol. The van der Waals surface area contributed by atoms with Crippen LogP contribution in [0.4, 0.5) is 4.39 Å². The highest BCUT2D eigenvalue weighted by molar-refractivity contribution is 5.78. The van der Waals surface area contributed by atoms with Crippen molar-refractivity contribution in [2.45, 2.75) is 12.8 Å². The Morgan fingerprint density at radius 2 is 1.86 bits per heavy atom. The number of hydrogen-bond donors (Lipinski definition) is 1. The van der Waals surface area contributed by atoms with Crippen LogP contribution in [0.2, 0.25) is 0 Å². The van der Waals surface area contributed by atoms with E-state index in [-0.39, 0.29) is 18.1 Å². The van der Waals surface area contributed by atoms with Gasteiger partial charge in [0.15, 0.2) is 11.5 Å². The van der Waals surface area contributed by atoms with E-state index in [0.717, 1.165) is 11.1 Å². The predicted octanol–water partition coefficient (Wildman–Crippen LogP) is 2.79. The summed E-state index contributed by atoms with van der Waals surface area (Å²) >= 11 is 0. The van der Waals surface area contributed by atoms with Crippen molar-refractivity contribution in [3.8, 4) is 22.9 Å². The number of methoxy groups -OCH3 is 2. The minimum atomic E-state index is -0.328. The molecule has 3 aromatic rings. The largest absolute Gasteiger partial charge is 0.493 e. The predicted molar refractivity (Wildman–Crippen MR) is 99.7 cm³/mol. The molecule has 146 valence electrons. The molecule has 8 heteroatoms. The van der Waals surface area contributed by atoms with Crippen molar-refractivity contribution >= 4 is 5.91 Å². The molecule has 1 N–H and O–H groups in total. The van der Waals surface area contributed by atoms with Crippen LogP contribution in [0.25, 0.3) is 11.4 Å². The standard InChI is InChI=1S/C20H20FN3O4/c1-26-16-8-5-14(12-17(16)27-2)20-23-19(28-24-20)9-10-22-18(25)11-13-3-6-15(21)7-4-13/h3-8,12H,9-11H2,1-2H3,(H,22,25). The van der Waals surface area contributed by atoms with E-state index >= 15 is 0 Å². The van der Waals surface area contributed by atoms with Crippen LogP contribution < -0.4 is 14.8 Å². The number of ether oxygens (including phenoxy) is 2. The number of carbonyl (C=O) groups is 1. The molecule has 7 nitrogen and oxygen atoms in total. The Kier molecular flexibility index (Phi) is 6.21. The third kappa shape index (κ3) is 4.85. The van der Waals surface area contributed by atoms with E-state index in [1.165, 1.54) is 12.1 Å². The van der Waals surface area contributed by atoms with E-state index in [9.17, 15) is 9.18 Å². The molecule has 0 aliphatic carbocycles. The average Bonchev–Trinajstić information content (AvgIpc) is 3.18. The highest BCUT2D eigenvalue weighted by atomic mass is 19.1. The molecule has 3 rings (SSSR count). The lowest BCUT2D eigenvalue weighted by Gasteiger charge is -2.07. The number of carbonyl (C=O) groups excluding carboxylic acids is 1. The van der Waals surface area contributed by atoms with Gasteiger partial charge in [-0.2, -0.15) is 4.98 Å². The molecule has 1 amide bonds. The van der Waals surface area contributed by atoms with Crippen LogP contribution in [-0.4, -0.2) is 36.8 Å². The summed E-state index contributed by atoms with van der Waals surface area (Å²) in [7, 11) is 3.12. The number of amides is 1. The molecule has 0 saturated heterocycles. The van der Waals surface area contributed by atoms with E-state index < -0.39 is 0 Å². The molecule has 0 spiro atoms. The first-order chi connectivity index (χ1) is 13.6. The minimum Gasteiger partial charge on any atom is -0.493 e. The lowest BCUT2D eigenvalue weighted by molar-refractivity contribution is -0.120. The van der Waals surface area contributed by atoms with Crippen molar-refractivity contribution in [1.82, 2.24) is 15.5 Å². The third-order valence-corrected chi connectivity index (χ3v) is 4.05. The maximum Gasteiger partial charge on any atom is 0.228 e. The molecule has 0 fully saturated rings. The summed E-state index contributed by atoms with van der Waals surface area (Å²) in [5.41, 5.74) is 1.47. The van der Waals surface area contributed by atoms with Gasteiger partial charge in [-0.3, -0.25) is 4.79 Å². The molecule has 1 aromatic heterocycles. The summed E-state index contributed by atoms with van der Waals surface area (Å²) in [6, 6.07) is 11.2. The summed E-state index contributed by atoms with van der Waals surface area (Å²) < 4.78 is 28.6. The lowest BCUT2D eigenvalue weighted by atomic mass is 10.1. The first kappa shape index (κ1) is 19.3. The quantitative estimate of drug-likeness (QED) is 0.642. The smallest absolute Gasteiger partial charge is 0.228 e. The second-order valence-electron chi connectivity index (χ2n) is 5.98. The number of rotatable bonds is 8. The Morgan fingerprint density at radius 1 is 1.11 bits per heavy atom. The van der Waals surface area contributed by atoms with Crippen LogP contribution in [0.3, 0.4) is 0 Å². The van der Waals surface area contributed by atoms with Gasteiger partial charge in [-0.25, -0.2) is 4.39 Å². The second-order valence-corrected chi connectivity index (χ2v) is 5.98. The van der Waals surface area contributed by atoms with Crippen LogP contribution in [0, 0.1) is 5.82 Å². The zero-order valence-corrected chi connectivity index (χ0v) is 15.6. The Balaban J connectivity index is 1.53. The molecule has 0 aliphatic rings. The number of nitrogens with zero attached hydrogens (tertiary/aromatic N) is 2. The summed E-state index contributed by atoms with van der Waals surface area (Å²) in [6.07, 6.45) is 0.580. The van der Waals surface area contributed by atoms with E-state index in [2.05, 4.69) is 15.5 Å². The van der Waals surface area contributed by atoms with E-state index in [1.54, 1.807) is 44.6 Å². The van der Waals surface area contributed by atoms with Gasteiger partial charge < -0.3 is 19.3 Å². The number of halogens is 1. The Morgan fingerprint density at radius 3 is 2.57 bits per heavy atom. The van der Waals surface area contributed by atoms with Crippen molar-refractivity contribution in [2.75, 3.05) is 20.8 Å². The van der Waals surface area contributed by atoms with E-state index in [0.29, 0.717) is 36.2 Å². The normalized spacial score (nSPS) is 10.5. The van der Waals surface area contributed by atoms with Crippen molar-refractivity contribution in [3.05, 3.63) is 59.7 Å². The zero-order chi connectivity index (χ0) is 19.9. The van der Waals surface area contributed by atoms with Crippen molar-refractivity contribution < 1.29 is 23.2 Å². The van der Waals surface area contributed by atoms with Gasteiger partial charge in [0.05, 0.1) is 20.6 Å². The van der Waals surface area contributed by atoms with E-state index in [1.807, 2.05) is 0 Å². The summed E-state index contributed by atoms with van der Waals surface area (Å²) in [4.78, 5) is 16.3. The van der Waals surface area contributed by atoms with Gasteiger partial charge in [0.2, 0.25) is 17.6 Å². The molecule has 2 aromatic carbocycles. The maximum absolute atomic E-state index is 12.9. The van der Waals surface area contributed by atoms with Crippen LogP contribution in [0.15, 0.2) is 47.0 Å². The second kappa shape index (κ2) is 8.98. The molecule has 0 atom stereocenters.